The van der Waals surface area contributed by atoms with E-state index in [2.05, 4.69) is 10.5 Å². The zero-order valence-corrected chi connectivity index (χ0v) is 24.1. The second kappa shape index (κ2) is 13.0. The third kappa shape index (κ3) is 6.80. The Balaban J connectivity index is 1.50. The standard InChI is InChI=1S/C30H31ClN4O4S/c1-22-19-25(23(2)35(22)29-12-8-7-11-28(29)31)20-32-33-30(36)21-34(18-17-24-9-5-4-6-10-24)40(37,38)27-15-13-26(39-3)14-16-27/h4-16,19-20H,17-18,21H2,1-3H3,(H,33,36)/b32-20+. The van der Waals surface area contributed by atoms with Crippen LogP contribution >= 0.6 is 11.6 Å². The van der Waals surface area contributed by atoms with Gasteiger partial charge in [0.2, 0.25) is 10.0 Å². The molecule has 40 heavy (non-hydrogen) atoms. The van der Waals surface area contributed by atoms with Crippen molar-refractivity contribution in [2.75, 3.05) is 20.2 Å². The number of para-hydroxylation sites is 1. The summed E-state index contributed by atoms with van der Waals surface area (Å²) in [6.07, 6.45) is 1.99. The molecule has 1 amide bonds. The Labute approximate surface area is 239 Å². The first-order valence-electron chi connectivity index (χ1n) is 12.6. The fourth-order valence-corrected chi connectivity index (χ4v) is 5.99. The van der Waals surface area contributed by atoms with Crippen molar-refractivity contribution >= 4 is 33.7 Å². The van der Waals surface area contributed by atoms with E-state index in [-0.39, 0.29) is 11.4 Å². The number of aromatic nitrogens is 1. The van der Waals surface area contributed by atoms with Gasteiger partial charge in [0.15, 0.2) is 0 Å². The van der Waals surface area contributed by atoms with Crippen LogP contribution in [0.15, 0.2) is 94.9 Å². The summed E-state index contributed by atoms with van der Waals surface area (Å²) < 4.78 is 35.3. The minimum atomic E-state index is -3.96. The molecule has 0 aliphatic carbocycles. The van der Waals surface area contributed by atoms with Crippen LogP contribution in [0, 0.1) is 13.8 Å². The van der Waals surface area contributed by atoms with Gasteiger partial charge < -0.3 is 9.30 Å². The van der Waals surface area contributed by atoms with E-state index in [1.165, 1.54) is 19.2 Å². The molecular formula is C30H31ClN4O4S. The Kier molecular flexibility index (Phi) is 9.42. The van der Waals surface area contributed by atoms with Gasteiger partial charge in [-0.1, -0.05) is 54.1 Å². The maximum absolute atomic E-state index is 13.5. The van der Waals surface area contributed by atoms with Crippen molar-refractivity contribution in [2.24, 2.45) is 5.10 Å². The molecule has 3 aromatic carbocycles. The van der Waals surface area contributed by atoms with Crippen molar-refractivity contribution in [2.45, 2.75) is 25.2 Å². The predicted molar refractivity (Wildman–Crippen MR) is 158 cm³/mol. The molecule has 0 unspecified atom stereocenters. The van der Waals surface area contributed by atoms with Crippen LogP contribution in [0.5, 0.6) is 5.75 Å². The average molecular weight is 579 g/mol. The monoisotopic (exact) mass is 578 g/mol. The lowest BCUT2D eigenvalue weighted by Crippen LogP contribution is -2.40. The van der Waals surface area contributed by atoms with Gasteiger partial charge in [-0.15, -0.1) is 0 Å². The molecule has 0 fully saturated rings. The highest BCUT2D eigenvalue weighted by molar-refractivity contribution is 7.89. The zero-order valence-electron chi connectivity index (χ0n) is 22.5. The van der Waals surface area contributed by atoms with E-state index in [1.807, 2.05) is 79.1 Å². The van der Waals surface area contributed by atoms with Crippen molar-refractivity contribution in [1.82, 2.24) is 14.3 Å². The number of halogens is 1. The molecule has 0 aliphatic heterocycles. The summed E-state index contributed by atoms with van der Waals surface area (Å²) in [7, 11) is -2.45. The number of ether oxygens (including phenoxy) is 1. The van der Waals surface area contributed by atoms with E-state index in [9.17, 15) is 13.2 Å². The van der Waals surface area contributed by atoms with Crippen molar-refractivity contribution in [1.29, 1.82) is 0 Å². The van der Waals surface area contributed by atoms with Gasteiger partial charge >= 0.3 is 0 Å². The highest BCUT2D eigenvalue weighted by Crippen LogP contribution is 2.26. The molecule has 0 saturated heterocycles. The molecule has 1 heterocycles. The number of nitrogens with zero attached hydrogens (tertiary/aromatic N) is 3. The highest BCUT2D eigenvalue weighted by atomic mass is 35.5. The summed E-state index contributed by atoms with van der Waals surface area (Å²) in [5, 5.41) is 4.73. The van der Waals surface area contributed by atoms with Crippen molar-refractivity contribution in [3.8, 4) is 11.4 Å². The lowest BCUT2D eigenvalue weighted by Gasteiger charge is -2.21. The lowest BCUT2D eigenvalue weighted by atomic mass is 10.1. The minimum absolute atomic E-state index is 0.0738. The summed E-state index contributed by atoms with van der Waals surface area (Å²) in [6, 6.07) is 25.1. The fraction of sp³-hybridized carbons (Fsp3) is 0.200. The Morgan fingerprint density at radius 3 is 2.38 bits per heavy atom. The summed E-state index contributed by atoms with van der Waals surface area (Å²) in [4.78, 5) is 13.0. The number of rotatable bonds is 11. The van der Waals surface area contributed by atoms with E-state index in [4.69, 9.17) is 16.3 Å². The average Bonchev–Trinajstić information content (AvgIpc) is 3.24. The lowest BCUT2D eigenvalue weighted by molar-refractivity contribution is -0.121. The molecule has 0 spiro atoms. The fourth-order valence-electron chi connectivity index (χ4n) is 4.37. The SMILES string of the molecule is COc1ccc(S(=O)(=O)N(CCc2ccccc2)CC(=O)N/N=C/c2cc(C)n(-c3ccccc3Cl)c2C)cc1. The number of nitrogens with one attached hydrogen (secondary N) is 1. The molecule has 10 heteroatoms. The van der Waals surface area contributed by atoms with Crippen molar-refractivity contribution in [3.05, 3.63) is 112 Å². The molecule has 0 bridgehead atoms. The molecule has 1 aromatic heterocycles. The smallest absolute Gasteiger partial charge is 0.255 e. The third-order valence-corrected chi connectivity index (χ3v) is 8.65. The second-order valence-corrected chi connectivity index (χ2v) is 11.5. The van der Waals surface area contributed by atoms with Gasteiger partial charge in [0.05, 0.1) is 35.5 Å². The number of sulfonamides is 1. The number of hydrazone groups is 1. The van der Waals surface area contributed by atoms with Gasteiger partial charge in [-0.2, -0.15) is 9.41 Å². The van der Waals surface area contributed by atoms with Gasteiger partial charge in [0, 0.05) is 23.5 Å². The van der Waals surface area contributed by atoms with Gasteiger partial charge in [-0.05, 0) is 68.3 Å². The number of carbonyl (C=O) groups excluding carboxylic acids is 1. The largest absolute Gasteiger partial charge is 0.497 e. The number of hydrogen-bond donors (Lipinski definition) is 1. The third-order valence-electron chi connectivity index (χ3n) is 6.47. The van der Waals surface area contributed by atoms with Gasteiger partial charge in [-0.3, -0.25) is 4.79 Å². The predicted octanol–water partition coefficient (Wildman–Crippen LogP) is 5.14. The number of aryl methyl sites for hydroxylation is 1. The van der Waals surface area contributed by atoms with Crippen LogP contribution in [0.2, 0.25) is 5.02 Å². The topological polar surface area (TPSA) is 93.0 Å². The van der Waals surface area contributed by atoms with E-state index in [0.717, 1.165) is 32.5 Å². The van der Waals surface area contributed by atoms with Crippen LogP contribution in [0.1, 0.15) is 22.5 Å². The number of methoxy groups -OCH3 is 1. The summed E-state index contributed by atoms with van der Waals surface area (Å²) in [6.45, 7) is 3.62. The van der Waals surface area contributed by atoms with Crippen LogP contribution in [0.3, 0.4) is 0 Å². The minimum Gasteiger partial charge on any atom is -0.497 e. The molecule has 0 radical (unpaired) electrons. The van der Waals surface area contributed by atoms with E-state index >= 15 is 0 Å². The Hall–Kier alpha value is -3.92. The van der Waals surface area contributed by atoms with E-state index in [0.29, 0.717) is 17.2 Å². The first-order valence-corrected chi connectivity index (χ1v) is 14.5. The molecule has 0 aliphatic rings. The molecule has 0 saturated carbocycles. The number of benzene rings is 3. The molecule has 4 aromatic rings. The van der Waals surface area contributed by atoms with Gasteiger partial charge in [0.25, 0.3) is 5.91 Å². The number of hydrogen-bond acceptors (Lipinski definition) is 5. The van der Waals surface area contributed by atoms with Crippen LogP contribution in [0.25, 0.3) is 5.69 Å². The summed E-state index contributed by atoms with van der Waals surface area (Å²) in [5.41, 5.74) is 6.94. The van der Waals surface area contributed by atoms with Crippen LogP contribution in [0.4, 0.5) is 0 Å². The van der Waals surface area contributed by atoms with Crippen LogP contribution in [-0.4, -0.2) is 49.6 Å². The first-order chi connectivity index (χ1) is 19.2. The molecule has 1 N–H and O–H groups in total. The Bertz CT molecular complexity index is 1600. The first kappa shape index (κ1) is 29.1. The van der Waals surface area contributed by atoms with Crippen LogP contribution < -0.4 is 10.2 Å². The normalized spacial score (nSPS) is 11.7. The summed E-state index contributed by atoms with van der Waals surface area (Å²) >= 11 is 6.40. The zero-order chi connectivity index (χ0) is 28.7. The Morgan fingerprint density at radius 2 is 1.70 bits per heavy atom. The maximum Gasteiger partial charge on any atom is 0.255 e. The molecule has 8 nitrogen and oxygen atoms in total. The molecule has 4 rings (SSSR count). The molecule has 0 atom stereocenters. The van der Waals surface area contributed by atoms with Gasteiger partial charge in [-0.25, -0.2) is 13.8 Å². The Morgan fingerprint density at radius 1 is 1.02 bits per heavy atom. The van der Waals surface area contributed by atoms with Crippen molar-refractivity contribution < 1.29 is 17.9 Å². The molecular weight excluding hydrogens is 548 g/mol. The highest BCUT2D eigenvalue weighted by Gasteiger charge is 2.26. The maximum atomic E-state index is 13.5. The quantitative estimate of drug-likeness (QED) is 0.197. The second-order valence-electron chi connectivity index (χ2n) is 9.16. The summed E-state index contributed by atoms with van der Waals surface area (Å²) in [5.74, 6) is -0.0166. The van der Waals surface area contributed by atoms with Crippen LogP contribution in [-0.2, 0) is 21.2 Å². The van der Waals surface area contributed by atoms with E-state index < -0.39 is 22.5 Å². The number of amides is 1. The van der Waals surface area contributed by atoms with Crippen molar-refractivity contribution in [3.63, 3.8) is 0 Å². The number of carbonyl (C=O) groups is 1. The molecule has 208 valence electrons. The van der Waals surface area contributed by atoms with Gasteiger partial charge in [0.1, 0.15) is 5.75 Å². The van der Waals surface area contributed by atoms with E-state index in [1.54, 1.807) is 18.3 Å².